The minimum atomic E-state index is -0.796. The van der Waals surface area contributed by atoms with Gasteiger partial charge in [0.05, 0.1) is 5.69 Å². The molecule has 3 aromatic rings. The summed E-state index contributed by atoms with van der Waals surface area (Å²) in [7, 11) is 0. The van der Waals surface area contributed by atoms with Crippen LogP contribution in [0.15, 0.2) is 48.8 Å². The van der Waals surface area contributed by atoms with Crippen molar-refractivity contribution < 1.29 is 9.90 Å². The monoisotopic (exact) mass is 364 g/mol. The summed E-state index contributed by atoms with van der Waals surface area (Å²) >= 11 is 0. The van der Waals surface area contributed by atoms with Crippen LogP contribution in [-0.2, 0) is 11.3 Å². The average Bonchev–Trinajstić information content (AvgIpc) is 3.07. The van der Waals surface area contributed by atoms with Gasteiger partial charge >= 0.3 is 5.97 Å². The number of carboxylic acid groups (broad SMARTS) is 1. The predicted octanol–water partition coefficient (Wildman–Crippen LogP) is 2.81. The number of hydrogen-bond donors (Lipinski definition) is 2. The SMILES string of the molecule is Cc1ccc2[nH]cc([C@@H](C(=O)O)N3CCN(Cc4ccccn4)CC3)c2c1. The first kappa shape index (κ1) is 17.7. The highest BCUT2D eigenvalue weighted by molar-refractivity contribution is 5.89. The number of pyridine rings is 1. The van der Waals surface area contributed by atoms with Crippen LogP contribution < -0.4 is 0 Å². The Labute approximate surface area is 158 Å². The number of aromatic nitrogens is 2. The number of nitrogens with zero attached hydrogens (tertiary/aromatic N) is 3. The first-order chi connectivity index (χ1) is 13.1. The number of nitrogens with one attached hydrogen (secondary N) is 1. The summed E-state index contributed by atoms with van der Waals surface area (Å²) in [5, 5.41) is 10.9. The smallest absolute Gasteiger partial charge is 0.325 e. The molecular formula is C21H24N4O2. The van der Waals surface area contributed by atoms with E-state index in [-0.39, 0.29) is 0 Å². The lowest BCUT2D eigenvalue weighted by Crippen LogP contribution is -2.48. The lowest BCUT2D eigenvalue weighted by atomic mass is 10.0. The Kier molecular flexibility index (Phi) is 4.92. The van der Waals surface area contributed by atoms with Gasteiger partial charge in [-0.15, -0.1) is 0 Å². The molecule has 0 radical (unpaired) electrons. The Morgan fingerprint density at radius 2 is 2.04 bits per heavy atom. The van der Waals surface area contributed by atoms with E-state index in [1.165, 1.54) is 0 Å². The molecule has 0 bridgehead atoms. The third-order valence-electron chi connectivity index (χ3n) is 5.28. The second-order valence-corrected chi connectivity index (χ2v) is 7.17. The van der Waals surface area contributed by atoms with Gasteiger partial charge in [0, 0.05) is 61.6 Å². The van der Waals surface area contributed by atoms with Crippen molar-refractivity contribution in [1.29, 1.82) is 0 Å². The van der Waals surface area contributed by atoms with Crippen molar-refractivity contribution in [3.63, 3.8) is 0 Å². The molecule has 0 saturated carbocycles. The van der Waals surface area contributed by atoms with E-state index in [0.717, 1.165) is 60.4 Å². The molecule has 0 unspecified atom stereocenters. The first-order valence-corrected chi connectivity index (χ1v) is 9.28. The summed E-state index contributed by atoms with van der Waals surface area (Å²) in [6.07, 6.45) is 3.66. The fraction of sp³-hybridized carbons (Fsp3) is 0.333. The third-order valence-corrected chi connectivity index (χ3v) is 5.28. The second kappa shape index (κ2) is 7.50. The van der Waals surface area contributed by atoms with E-state index in [9.17, 15) is 9.90 Å². The lowest BCUT2D eigenvalue weighted by molar-refractivity contribution is -0.144. The van der Waals surface area contributed by atoms with Crippen molar-refractivity contribution in [3.8, 4) is 0 Å². The van der Waals surface area contributed by atoms with Gasteiger partial charge in [-0.25, -0.2) is 0 Å². The van der Waals surface area contributed by atoms with Crippen molar-refractivity contribution in [2.45, 2.75) is 19.5 Å². The van der Waals surface area contributed by atoms with E-state index in [2.05, 4.69) is 25.8 Å². The molecule has 1 aromatic carbocycles. The number of hydrogen-bond acceptors (Lipinski definition) is 4. The highest BCUT2D eigenvalue weighted by Gasteiger charge is 2.32. The fourth-order valence-corrected chi connectivity index (χ4v) is 3.87. The summed E-state index contributed by atoms with van der Waals surface area (Å²) in [4.78, 5) is 24.1. The molecule has 2 aromatic heterocycles. The number of benzene rings is 1. The van der Waals surface area contributed by atoms with Crippen LogP contribution in [0.1, 0.15) is 22.9 Å². The summed E-state index contributed by atoms with van der Waals surface area (Å²) in [6, 6.07) is 11.4. The number of rotatable bonds is 5. The second-order valence-electron chi connectivity index (χ2n) is 7.17. The molecule has 1 aliphatic heterocycles. The van der Waals surface area contributed by atoms with Crippen LogP contribution in [0.3, 0.4) is 0 Å². The zero-order valence-electron chi connectivity index (χ0n) is 15.4. The molecule has 4 rings (SSSR count). The van der Waals surface area contributed by atoms with Crippen LogP contribution in [0.2, 0.25) is 0 Å². The van der Waals surface area contributed by atoms with Gasteiger partial charge in [0.25, 0.3) is 0 Å². The number of H-pyrrole nitrogens is 1. The van der Waals surface area contributed by atoms with Gasteiger partial charge in [0.1, 0.15) is 6.04 Å². The van der Waals surface area contributed by atoms with Crippen LogP contribution >= 0.6 is 0 Å². The summed E-state index contributed by atoms with van der Waals surface area (Å²) in [6.45, 7) is 5.95. The molecule has 0 aliphatic carbocycles. The Bertz CT molecular complexity index is 930. The Morgan fingerprint density at radius 3 is 2.74 bits per heavy atom. The molecule has 3 heterocycles. The van der Waals surface area contributed by atoms with Crippen LogP contribution in [0, 0.1) is 6.92 Å². The molecule has 1 aliphatic rings. The zero-order valence-corrected chi connectivity index (χ0v) is 15.4. The maximum absolute atomic E-state index is 12.1. The molecule has 140 valence electrons. The largest absolute Gasteiger partial charge is 0.480 e. The van der Waals surface area contributed by atoms with Crippen molar-refractivity contribution in [3.05, 3.63) is 65.6 Å². The molecule has 27 heavy (non-hydrogen) atoms. The van der Waals surface area contributed by atoms with Gasteiger partial charge < -0.3 is 10.1 Å². The topological polar surface area (TPSA) is 72.5 Å². The van der Waals surface area contributed by atoms with Crippen molar-refractivity contribution >= 4 is 16.9 Å². The third kappa shape index (κ3) is 3.72. The van der Waals surface area contributed by atoms with Crippen LogP contribution in [0.4, 0.5) is 0 Å². The molecule has 6 nitrogen and oxygen atoms in total. The van der Waals surface area contributed by atoms with E-state index in [1.807, 2.05) is 49.6 Å². The number of aliphatic carboxylic acids is 1. The number of fused-ring (bicyclic) bond motifs is 1. The number of carbonyl (C=O) groups is 1. The van der Waals surface area contributed by atoms with Crippen molar-refractivity contribution in [2.75, 3.05) is 26.2 Å². The number of aryl methyl sites for hydroxylation is 1. The maximum Gasteiger partial charge on any atom is 0.325 e. The van der Waals surface area contributed by atoms with E-state index >= 15 is 0 Å². The van der Waals surface area contributed by atoms with E-state index in [0.29, 0.717) is 0 Å². The molecule has 1 atom stereocenters. The highest BCUT2D eigenvalue weighted by Crippen LogP contribution is 2.30. The number of carboxylic acids is 1. The molecule has 1 saturated heterocycles. The van der Waals surface area contributed by atoms with Crippen LogP contribution in [0.25, 0.3) is 10.9 Å². The maximum atomic E-state index is 12.1. The fourth-order valence-electron chi connectivity index (χ4n) is 3.87. The Balaban J connectivity index is 1.50. The van der Waals surface area contributed by atoms with Gasteiger partial charge in [0.15, 0.2) is 0 Å². The number of piperazine rings is 1. The Hall–Kier alpha value is -2.70. The minimum absolute atomic E-state index is 0.627. The van der Waals surface area contributed by atoms with Gasteiger partial charge in [-0.2, -0.15) is 0 Å². The summed E-state index contributed by atoms with van der Waals surface area (Å²) in [5.74, 6) is -0.796. The first-order valence-electron chi connectivity index (χ1n) is 9.28. The number of aromatic amines is 1. The van der Waals surface area contributed by atoms with E-state index in [1.54, 1.807) is 0 Å². The molecule has 6 heteroatoms. The molecule has 0 spiro atoms. The van der Waals surface area contributed by atoms with E-state index < -0.39 is 12.0 Å². The van der Waals surface area contributed by atoms with Crippen LogP contribution in [-0.4, -0.2) is 57.0 Å². The molecule has 2 N–H and O–H groups in total. The quantitative estimate of drug-likeness (QED) is 0.728. The highest BCUT2D eigenvalue weighted by atomic mass is 16.4. The van der Waals surface area contributed by atoms with Crippen molar-refractivity contribution in [1.82, 2.24) is 19.8 Å². The molecule has 0 amide bonds. The van der Waals surface area contributed by atoms with Gasteiger partial charge in [-0.05, 0) is 31.2 Å². The van der Waals surface area contributed by atoms with Crippen LogP contribution in [0.5, 0.6) is 0 Å². The lowest BCUT2D eigenvalue weighted by Gasteiger charge is -2.37. The molecular weight excluding hydrogens is 340 g/mol. The van der Waals surface area contributed by atoms with E-state index in [4.69, 9.17) is 0 Å². The van der Waals surface area contributed by atoms with Gasteiger partial charge in [-0.1, -0.05) is 17.7 Å². The minimum Gasteiger partial charge on any atom is -0.480 e. The summed E-state index contributed by atoms with van der Waals surface area (Å²) in [5.41, 5.74) is 4.01. The van der Waals surface area contributed by atoms with Crippen molar-refractivity contribution in [2.24, 2.45) is 0 Å². The molecule has 1 fully saturated rings. The predicted molar refractivity (Wildman–Crippen MR) is 104 cm³/mol. The average molecular weight is 364 g/mol. The summed E-state index contributed by atoms with van der Waals surface area (Å²) < 4.78 is 0. The normalized spacial score (nSPS) is 17.2. The van der Waals surface area contributed by atoms with Gasteiger partial charge in [0.2, 0.25) is 0 Å². The van der Waals surface area contributed by atoms with Gasteiger partial charge in [-0.3, -0.25) is 19.6 Å². The Morgan fingerprint density at radius 1 is 1.22 bits per heavy atom. The zero-order chi connectivity index (χ0) is 18.8. The standard InChI is InChI=1S/C21H24N4O2/c1-15-5-6-19-17(12-15)18(13-23-19)20(21(26)27)25-10-8-24(9-11-25)14-16-4-2-3-7-22-16/h2-7,12-13,20,23H,8-11,14H2,1H3,(H,26,27)/t20-/m0/s1.